The number of aryl methyl sites for hydroxylation is 2. The van der Waals surface area contributed by atoms with Crippen molar-refractivity contribution in [3.8, 4) is 0 Å². The second kappa shape index (κ2) is 7.70. The zero-order chi connectivity index (χ0) is 18.7. The Morgan fingerprint density at radius 1 is 1.19 bits per heavy atom. The van der Waals surface area contributed by atoms with Gasteiger partial charge in [-0.3, -0.25) is 4.79 Å². The second-order valence-electron chi connectivity index (χ2n) is 6.69. The Morgan fingerprint density at radius 2 is 1.96 bits per heavy atom. The molecule has 1 heterocycles. The summed E-state index contributed by atoms with van der Waals surface area (Å²) in [5.41, 5.74) is 4.83. The number of carboxylic acid groups (broad SMARTS) is 1. The van der Waals surface area contributed by atoms with Gasteiger partial charge in [0.2, 0.25) is 5.91 Å². The van der Waals surface area contributed by atoms with Gasteiger partial charge in [0, 0.05) is 0 Å². The molecule has 0 spiro atoms. The summed E-state index contributed by atoms with van der Waals surface area (Å²) >= 11 is 0. The molecule has 2 unspecified atom stereocenters. The van der Waals surface area contributed by atoms with Crippen LogP contribution in [0.3, 0.4) is 0 Å². The van der Waals surface area contributed by atoms with Crippen LogP contribution in [0.2, 0.25) is 0 Å². The minimum absolute atomic E-state index is 0.103. The predicted octanol–water partition coefficient (Wildman–Crippen LogP) is 3.25. The van der Waals surface area contributed by atoms with E-state index in [1.807, 2.05) is 44.2 Å². The molecule has 0 radical (unpaired) electrons. The molecule has 0 saturated carbocycles. The van der Waals surface area contributed by atoms with Crippen molar-refractivity contribution in [3.05, 3.63) is 70.3 Å². The standard InChI is InChI=1S/C21H23NO4/c1-13-7-8-16(11-14(13)2)20(21(24)25)22-19(23)12-18-17-6-4-3-5-15(17)9-10-26-18/h3-8,11,18,20H,9-10,12H2,1-2H3,(H,22,23)(H,24,25). The van der Waals surface area contributed by atoms with Crippen LogP contribution in [0.5, 0.6) is 0 Å². The molecule has 5 nitrogen and oxygen atoms in total. The smallest absolute Gasteiger partial charge is 0.330 e. The van der Waals surface area contributed by atoms with Crippen molar-refractivity contribution in [2.24, 2.45) is 0 Å². The van der Waals surface area contributed by atoms with Crippen LogP contribution in [0.1, 0.15) is 46.4 Å². The first-order chi connectivity index (χ1) is 12.5. The van der Waals surface area contributed by atoms with Gasteiger partial charge in [0.25, 0.3) is 0 Å². The van der Waals surface area contributed by atoms with Crippen LogP contribution in [0.4, 0.5) is 0 Å². The quantitative estimate of drug-likeness (QED) is 0.865. The van der Waals surface area contributed by atoms with Gasteiger partial charge < -0.3 is 15.2 Å². The Labute approximate surface area is 153 Å². The normalized spacial score (nSPS) is 17.2. The number of ether oxygens (including phenoxy) is 1. The van der Waals surface area contributed by atoms with E-state index in [9.17, 15) is 14.7 Å². The molecule has 1 amide bonds. The molecule has 0 fully saturated rings. The summed E-state index contributed by atoms with van der Waals surface area (Å²) in [6.45, 7) is 4.45. The number of hydrogen-bond donors (Lipinski definition) is 2. The van der Waals surface area contributed by atoms with Crippen molar-refractivity contribution in [3.63, 3.8) is 0 Å². The molecule has 2 atom stereocenters. The van der Waals surface area contributed by atoms with Crippen molar-refractivity contribution in [2.45, 2.75) is 38.8 Å². The summed E-state index contributed by atoms with van der Waals surface area (Å²) in [6.07, 6.45) is 0.592. The van der Waals surface area contributed by atoms with Gasteiger partial charge in [-0.2, -0.15) is 0 Å². The third kappa shape index (κ3) is 3.94. The molecule has 0 aromatic heterocycles. The topological polar surface area (TPSA) is 75.6 Å². The summed E-state index contributed by atoms with van der Waals surface area (Å²) in [7, 11) is 0. The van der Waals surface area contributed by atoms with Crippen LogP contribution in [0.15, 0.2) is 42.5 Å². The Kier molecular flexibility index (Phi) is 5.38. The number of rotatable bonds is 5. The molecule has 26 heavy (non-hydrogen) atoms. The van der Waals surface area contributed by atoms with Crippen molar-refractivity contribution in [2.75, 3.05) is 6.61 Å². The monoisotopic (exact) mass is 353 g/mol. The summed E-state index contributed by atoms with van der Waals surface area (Å²) in [5.74, 6) is -1.41. The molecule has 2 N–H and O–H groups in total. The van der Waals surface area contributed by atoms with Gasteiger partial charge in [-0.15, -0.1) is 0 Å². The highest BCUT2D eigenvalue weighted by molar-refractivity contribution is 5.85. The molecule has 1 aliphatic heterocycles. The van der Waals surface area contributed by atoms with E-state index in [-0.39, 0.29) is 18.4 Å². The summed E-state index contributed by atoms with van der Waals surface area (Å²) in [4.78, 5) is 24.2. The number of nitrogens with one attached hydrogen (secondary N) is 1. The number of hydrogen-bond acceptors (Lipinski definition) is 3. The number of carbonyl (C=O) groups is 2. The lowest BCUT2D eigenvalue weighted by atomic mass is 9.95. The minimum atomic E-state index is -1.08. The number of aliphatic carboxylic acids is 1. The van der Waals surface area contributed by atoms with E-state index in [1.165, 1.54) is 5.56 Å². The zero-order valence-electron chi connectivity index (χ0n) is 15.0. The fourth-order valence-electron chi connectivity index (χ4n) is 3.27. The molecule has 0 saturated heterocycles. The third-order valence-electron chi connectivity index (χ3n) is 4.88. The molecule has 0 aliphatic carbocycles. The van der Waals surface area contributed by atoms with Gasteiger partial charge in [-0.1, -0.05) is 42.5 Å². The molecule has 2 aromatic rings. The Morgan fingerprint density at radius 3 is 2.69 bits per heavy atom. The van der Waals surface area contributed by atoms with Crippen LogP contribution in [0.25, 0.3) is 0 Å². The SMILES string of the molecule is Cc1ccc(C(NC(=O)CC2OCCc3ccccc32)C(=O)O)cc1C. The van der Waals surface area contributed by atoms with E-state index in [2.05, 4.69) is 5.32 Å². The molecule has 0 bridgehead atoms. The summed E-state index contributed by atoms with van der Waals surface area (Å²) in [5, 5.41) is 12.2. The highest BCUT2D eigenvalue weighted by atomic mass is 16.5. The number of carboxylic acids is 1. The number of fused-ring (bicyclic) bond motifs is 1. The van der Waals surface area contributed by atoms with Gasteiger partial charge in [0.05, 0.1) is 19.1 Å². The highest BCUT2D eigenvalue weighted by Gasteiger charge is 2.27. The number of amides is 1. The van der Waals surface area contributed by atoms with Gasteiger partial charge in [0.15, 0.2) is 6.04 Å². The van der Waals surface area contributed by atoms with E-state index in [0.717, 1.165) is 23.1 Å². The Bertz CT molecular complexity index is 831. The van der Waals surface area contributed by atoms with E-state index >= 15 is 0 Å². The van der Waals surface area contributed by atoms with Gasteiger partial charge in [-0.25, -0.2) is 4.79 Å². The number of carbonyl (C=O) groups excluding carboxylic acids is 1. The van der Waals surface area contributed by atoms with E-state index in [0.29, 0.717) is 12.2 Å². The Hall–Kier alpha value is -2.66. The average molecular weight is 353 g/mol. The van der Waals surface area contributed by atoms with E-state index in [4.69, 9.17) is 4.74 Å². The van der Waals surface area contributed by atoms with Crippen LogP contribution in [-0.4, -0.2) is 23.6 Å². The lowest BCUT2D eigenvalue weighted by Crippen LogP contribution is -2.35. The molecule has 2 aromatic carbocycles. The molecule has 3 rings (SSSR count). The van der Waals surface area contributed by atoms with Crippen LogP contribution < -0.4 is 5.32 Å². The molecular formula is C21H23NO4. The molecule has 5 heteroatoms. The minimum Gasteiger partial charge on any atom is -0.479 e. The maximum atomic E-state index is 12.5. The molecule has 1 aliphatic rings. The fourth-order valence-corrected chi connectivity index (χ4v) is 3.27. The lowest BCUT2D eigenvalue weighted by Gasteiger charge is -2.26. The predicted molar refractivity (Wildman–Crippen MR) is 97.9 cm³/mol. The first-order valence-electron chi connectivity index (χ1n) is 8.74. The van der Waals surface area contributed by atoms with Crippen molar-refractivity contribution in [1.29, 1.82) is 0 Å². The molecule has 136 valence electrons. The molecular weight excluding hydrogens is 330 g/mol. The van der Waals surface area contributed by atoms with Crippen molar-refractivity contribution in [1.82, 2.24) is 5.32 Å². The lowest BCUT2D eigenvalue weighted by molar-refractivity contribution is -0.142. The second-order valence-corrected chi connectivity index (χ2v) is 6.69. The maximum Gasteiger partial charge on any atom is 0.330 e. The van der Waals surface area contributed by atoms with E-state index < -0.39 is 12.0 Å². The van der Waals surface area contributed by atoms with Gasteiger partial charge >= 0.3 is 5.97 Å². The first-order valence-corrected chi connectivity index (χ1v) is 8.74. The maximum absolute atomic E-state index is 12.5. The van der Waals surface area contributed by atoms with Crippen molar-refractivity contribution < 1.29 is 19.4 Å². The third-order valence-corrected chi connectivity index (χ3v) is 4.88. The van der Waals surface area contributed by atoms with E-state index in [1.54, 1.807) is 12.1 Å². The summed E-state index contributed by atoms with van der Waals surface area (Å²) in [6, 6.07) is 12.2. The highest BCUT2D eigenvalue weighted by Crippen LogP contribution is 2.29. The average Bonchev–Trinajstić information content (AvgIpc) is 2.62. The fraction of sp³-hybridized carbons (Fsp3) is 0.333. The summed E-state index contributed by atoms with van der Waals surface area (Å²) < 4.78 is 5.75. The first kappa shape index (κ1) is 18.1. The van der Waals surface area contributed by atoms with Crippen LogP contribution in [-0.2, 0) is 20.7 Å². The van der Waals surface area contributed by atoms with Crippen LogP contribution in [0, 0.1) is 13.8 Å². The van der Waals surface area contributed by atoms with Crippen molar-refractivity contribution >= 4 is 11.9 Å². The van der Waals surface area contributed by atoms with Gasteiger partial charge in [-0.05, 0) is 48.1 Å². The Balaban J connectivity index is 1.73. The van der Waals surface area contributed by atoms with Gasteiger partial charge in [0.1, 0.15) is 0 Å². The zero-order valence-corrected chi connectivity index (χ0v) is 15.0. The largest absolute Gasteiger partial charge is 0.479 e. The number of benzene rings is 2. The van der Waals surface area contributed by atoms with Crippen LogP contribution >= 0.6 is 0 Å².